The van der Waals surface area contributed by atoms with Gasteiger partial charge < -0.3 is 0 Å². The van der Waals surface area contributed by atoms with E-state index < -0.39 is 0 Å². The van der Waals surface area contributed by atoms with E-state index >= 15 is 0 Å². The van der Waals surface area contributed by atoms with E-state index in [2.05, 4.69) is 180 Å². The average Bonchev–Trinajstić information content (AvgIpc) is 3.60. The van der Waals surface area contributed by atoms with Crippen LogP contribution in [0, 0.1) is 0 Å². The lowest BCUT2D eigenvalue weighted by atomic mass is 9.98. The lowest BCUT2D eigenvalue weighted by Gasteiger charge is -2.13. The van der Waals surface area contributed by atoms with Crippen molar-refractivity contribution in [3.63, 3.8) is 0 Å². The Morgan fingerprint density at radius 1 is 0.367 bits per heavy atom. The Labute approximate surface area is 283 Å². The zero-order valence-electron chi connectivity index (χ0n) is 26.6. The van der Waals surface area contributed by atoms with Gasteiger partial charge in [0.25, 0.3) is 0 Å². The second kappa shape index (κ2) is 11.0. The highest BCUT2D eigenvalue weighted by Gasteiger charge is 2.21. The minimum Gasteiger partial charge on any atom is -0.291 e. The number of hydrogen-bond acceptors (Lipinski definition) is 2. The molecule has 3 nitrogen and oxygen atoms in total. The van der Waals surface area contributed by atoms with Crippen molar-refractivity contribution in [3.8, 4) is 44.9 Å². The fraction of sp³-hybridized carbons (Fsp3) is 0. The molecular formula is C46H29N3. The van der Waals surface area contributed by atoms with Gasteiger partial charge in [0.15, 0.2) is 0 Å². The highest BCUT2D eigenvalue weighted by molar-refractivity contribution is 6.14. The molecule has 3 aromatic heterocycles. The summed E-state index contributed by atoms with van der Waals surface area (Å²) in [6.45, 7) is 0. The molecule has 0 saturated heterocycles. The molecule has 0 unspecified atom stereocenters. The molecule has 0 aliphatic rings. The predicted molar refractivity (Wildman–Crippen MR) is 205 cm³/mol. The van der Waals surface area contributed by atoms with Crippen molar-refractivity contribution in [1.82, 2.24) is 14.4 Å². The van der Waals surface area contributed by atoms with Crippen LogP contribution >= 0.6 is 0 Å². The Kier molecular flexibility index (Phi) is 6.18. The van der Waals surface area contributed by atoms with Crippen molar-refractivity contribution in [2.45, 2.75) is 0 Å². The molecular weight excluding hydrogens is 595 g/mol. The molecule has 0 aliphatic carbocycles. The fourth-order valence-corrected chi connectivity index (χ4v) is 7.39. The first-order chi connectivity index (χ1) is 24.3. The molecule has 3 heterocycles. The van der Waals surface area contributed by atoms with Crippen LogP contribution in [0.4, 0.5) is 0 Å². The molecule has 0 aliphatic heterocycles. The molecule has 0 amide bonds. The van der Waals surface area contributed by atoms with Crippen LogP contribution in [0.5, 0.6) is 0 Å². The number of imidazole rings is 1. The van der Waals surface area contributed by atoms with Crippen LogP contribution < -0.4 is 0 Å². The molecule has 0 N–H and O–H groups in total. The largest absolute Gasteiger partial charge is 0.291 e. The van der Waals surface area contributed by atoms with Crippen LogP contribution in [-0.4, -0.2) is 14.4 Å². The minimum absolute atomic E-state index is 0.966. The van der Waals surface area contributed by atoms with Crippen molar-refractivity contribution in [1.29, 1.82) is 0 Å². The lowest BCUT2D eigenvalue weighted by Crippen LogP contribution is -1.95. The van der Waals surface area contributed by atoms with Gasteiger partial charge in [-0.15, -0.1) is 0 Å². The summed E-state index contributed by atoms with van der Waals surface area (Å²) in [7, 11) is 0. The van der Waals surface area contributed by atoms with E-state index in [1.54, 1.807) is 0 Å². The SMILES string of the molecule is c1ccc(-c2nc3c4ccccc4c4cc(-c5ccc(-c6ccc7ccc8ccccc8c7n6)cc5)ccc4n3c2-c2ccccc2)cc1. The van der Waals surface area contributed by atoms with Gasteiger partial charge in [0.05, 0.1) is 28.1 Å². The van der Waals surface area contributed by atoms with Crippen LogP contribution in [0.1, 0.15) is 0 Å². The van der Waals surface area contributed by atoms with Crippen molar-refractivity contribution >= 4 is 49.0 Å². The minimum atomic E-state index is 0.966. The Morgan fingerprint density at radius 3 is 1.78 bits per heavy atom. The van der Waals surface area contributed by atoms with E-state index in [4.69, 9.17) is 9.97 Å². The predicted octanol–water partition coefficient (Wildman–Crippen LogP) is 12.0. The molecule has 49 heavy (non-hydrogen) atoms. The number of nitrogens with zero attached hydrogens (tertiary/aromatic N) is 3. The third-order valence-electron chi connectivity index (χ3n) is 9.77. The number of pyridine rings is 2. The quantitative estimate of drug-likeness (QED) is 0.183. The average molecular weight is 624 g/mol. The summed E-state index contributed by atoms with van der Waals surface area (Å²) in [6, 6.07) is 62.5. The summed E-state index contributed by atoms with van der Waals surface area (Å²) < 4.78 is 2.36. The Hall–Kier alpha value is -6.58. The van der Waals surface area contributed by atoms with Crippen molar-refractivity contribution in [3.05, 3.63) is 176 Å². The first-order valence-electron chi connectivity index (χ1n) is 16.7. The van der Waals surface area contributed by atoms with Gasteiger partial charge in [0.1, 0.15) is 5.65 Å². The second-order valence-electron chi connectivity index (χ2n) is 12.6. The fourth-order valence-electron chi connectivity index (χ4n) is 7.39. The second-order valence-corrected chi connectivity index (χ2v) is 12.6. The first-order valence-corrected chi connectivity index (χ1v) is 16.7. The van der Waals surface area contributed by atoms with E-state index in [1.807, 2.05) is 0 Å². The number of aromatic nitrogens is 3. The molecule has 0 spiro atoms. The number of hydrogen-bond donors (Lipinski definition) is 0. The van der Waals surface area contributed by atoms with E-state index in [0.29, 0.717) is 0 Å². The number of rotatable bonds is 4. The topological polar surface area (TPSA) is 30.2 Å². The maximum absolute atomic E-state index is 5.35. The normalized spacial score (nSPS) is 11.7. The van der Waals surface area contributed by atoms with Gasteiger partial charge in [-0.2, -0.15) is 0 Å². The summed E-state index contributed by atoms with van der Waals surface area (Å²) in [5, 5.41) is 7.07. The van der Waals surface area contributed by atoms with Gasteiger partial charge in [0.2, 0.25) is 0 Å². The smallest absolute Gasteiger partial charge is 0.146 e. The Morgan fingerprint density at radius 2 is 0.980 bits per heavy atom. The van der Waals surface area contributed by atoms with Crippen molar-refractivity contribution in [2.75, 3.05) is 0 Å². The summed E-state index contributed by atoms with van der Waals surface area (Å²) in [5.74, 6) is 0. The van der Waals surface area contributed by atoms with E-state index in [9.17, 15) is 0 Å². The lowest BCUT2D eigenvalue weighted by molar-refractivity contribution is 1.27. The third kappa shape index (κ3) is 4.44. The van der Waals surface area contributed by atoms with Gasteiger partial charge in [0, 0.05) is 38.2 Å². The zero-order valence-corrected chi connectivity index (χ0v) is 26.6. The molecule has 3 heteroatoms. The highest BCUT2D eigenvalue weighted by atomic mass is 15.0. The number of fused-ring (bicyclic) bond motifs is 9. The van der Waals surface area contributed by atoms with Gasteiger partial charge in [-0.1, -0.05) is 158 Å². The van der Waals surface area contributed by atoms with Crippen LogP contribution in [0.2, 0.25) is 0 Å². The third-order valence-corrected chi connectivity index (χ3v) is 9.77. The van der Waals surface area contributed by atoms with Crippen LogP contribution in [0.3, 0.4) is 0 Å². The standard InChI is InChI=1S/C46H29N3/c1-3-12-33(13-4-1)44-45(35-14-5-2-6-15-35)49-42-28-26-36(29-40(42)38-17-9-10-18-39(38)46(49)48-44)30-19-22-32(23-20-30)41-27-25-34-24-21-31-11-7-8-16-37(31)43(34)47-41/h1-29H. The maximum atomic E-state index is 5.35. The first kappa shape index (κ1) is 27.5. The molecule has 0 atom stereocenters. The summed E-state index contributed by atoms with van der Waals surface area (Å²) in [4.78, 5) is 10.5. The molecule has 7 aromatic carbocycles. The van der Waals surface area contributed by atoms with Gasteiger partial charge in [-0.25, -0.2) is 9.97 Å². The highest BCUT2D eigenvalue weighted by Crippen LogP contribution is 2.40. The van der Waals surface area contributed by atoms with Crippen molar-refractivity contribution < 1.29 is 0 Å². The molecule has 0 radical (unpaired) electrons. The van der Waals surface area contributed by atoms with Crippen molar-refractivity contribution in [2.24, 2.45) is 0 Å². The molecule has 228 valence electrons. The molecule has 0 bridgehead atoms. The molecule has 0 fully saturated rings. The summed E-state index contributed by atoms with van der Waals surface area (Å²) >= 11 is 0. The van der Waals surface area contributed by atoms with Crippen LogP contribution in [0.25, 0.3) is 93.9 Å². The van der Waals surface area contributed by atoms with E-state index in [-0.39, 0.29) is 0 Å². The monoisotopic (exact) mass is 623 g/mol. The van der Waals surface area contributed by atoms with Gasteiger partial charge in [-0.3, -0.25) is 4.40 Å². The Balaban J connectivity index is 1.14. The molecule has 0 saturated carbocycles. The zero-order chi connectivity index (χ0) is 32.3. The van der Waals surface area contributed by atoms with Crippen LogP contribution in [0.15, 0.2) is 176 Å². The van der Waals surface area contributed by atoms with Gasteiger partial charge >= 0.3 is 0 Å². The molecule has 10 rings (SSSR count). The van der Waals surface area contributed by atoms with Gasteiger partial charge in [-0.05, 0) is 40.1 Å². The Bertz CT molecular complexity index is 2850. The van der Waals surface area contributed by atoms with Crippen LogP contribution in [-0.2, 0) is 0 Å². The summed E-state index contributed by atoms with van der Waals surface area (Å²) in [5.41, 5.74) is 11.9. The maximum Gasteiger partial charge on any atom is 0.146 e. The number of benzene rings is 7. The van der Waals surface area contributed by atoms with E-state index in [1.165, 1.54) is 32.7 Å². The molecule has 10 aromatic rings. The summed E-state index contributed by atoms with van der Waals surface area (Å²) in [6.07, 6.45) is 0. The van der Waals surface area contributed by atoms with E-state index in [0.717, 1.165) is 61.2 Å².